The van der Waals surface area contributed by atoms with Gasteiger partial charge in [-0.1, -0.05) is 26.0 Å². The standard InChI is InChI=1S/C14H23N3O3S/c1-11(2)9-16-14(18)10-17-21(19,20)13-5-3-12(4-6-13)7-8-15/h3-6,11,17H,7-10,15H2,1-2H3,(H,16,18). The van der Waals surface area contributed by atoms with Gasteiger partial charge in [-0.2, -0.15) is 0 Å². The predicted octanol–water partition coefficient (Wildman–Crippen LogP) is 0.238. The molecule has 0 saturated heterocycles. The Morgan fingerprint density at radius 1 is 1.24 bits per heavy atom. The Kier molecular flexibility index (Phi) is 6.80. The molecule has 118 valence electrons. The molecule has 7 heteroatoms. The molecule has 1 aromatic carbocycles. The van der Waals surface area contributed by atoms with Crippen LogP contribution < -0.4 is 15.8 Å². The van der Waals surface area contributed by atoms with Gasteiger partial charge in [0, 0.05) is 6.54 Å². The van der Waals surface area contributed by atoms with Gasteiger partial charge in [-0.15, -0.1) is 0 Å². The van der Waals surface area contributed by atoms with Gasteiger partial charge in [-0.05, 0) is 36.6 Å². The highest BCUT2D eigenvalue weighted by atomic mass is 32.2. The summed E-state index contributed by atoms with van der Waals surface area (Å²) in [6, 6.07) is 6.47. The number of carbonyl (C=O) groups excluding carboxylic acids is 1. The fourth-order valence-corrected chi connectivity index (χ4v) is 2.61. The maximum atomic E-state index is 12.0. The highest BCUT2D eigenvalue weighted by Crippen LogP contribution is 2.10. The first-order chi connectivity index (χ1) is 9.85. The highest BCUT2D eigenvalue weighted by Gasteiger charge is 2.15. The zero-order chi connectivity index (χ0) is 15.9. The Bertz CT molecular complexity index is 553. The monoisotopic (exact) mass is 313 g/mol. The van der Waals surface area contributed by atoms with Crippen LogP contribution in [0.1, 0.15) is 19.4 Å². The molecule has 1 aromatic rings. The molecule has 1 rings (SSSR count). The summed E-state index contributed by atoms with van der Waals surface area (Å²) in [5.41, 5.74) is 6.42. The van der Waals surface area contributed by atoms with Crippen LogP contribution in [0.3, 0.4) is 0 Å². The molecule has 0 aliphatic heterocycles. The van der Waals surface area contributed by atoms with Crippen LogP contribution in [0.4, 0.5) is 0 Å². The maximum absolute atomic E-state index is 12.0. The Morgan fingerprint density at radius 2 is 1.86 bits per heavy atom. The van der Waals surface area contributed by atoms with Gasteiger partial charge in [0.15, 0.2) is 0 Å². The smallest absolute Gasteiger partial charge is 0.241 e. The highest BCUT2D eigenvalue weighted by molar-refractivity contribution is 7.89. The van der Waals surface area contributed by atoms with E-state index in [2.05, 4.69) is 10.0 Å². The average Bonchev–Trinajstić information content (AvgIpc) is 2.44. The topological polar surface area (TPSA) is 101 Å². The van der Waals surface area contributed by atoms with Crippen LogP contribution in [0.5, 0.6) is 0 Å². The van der Waals surface area contributed by atoms with Gasteiger partial charge in [0.1, 0.15) is 0 Å². The predicted molar refractivity (Wildman–Crippen MR) is 82.2 cm³/mol. The molecule has 6 nitrogen and oxygen atoms in total. The van der Waals surface area contributed by atoms with E-state index < -0.39 is 10.0 Å². The molecule has 0 aliphatic carbocycles. The second-order valence-corrected chi connectivity index (χ2v) is 6.97. The second-order valence-electron chi connectivity index (χ2n) is 5.21. The van der Waals surface area contributed by atoms with Crippen LogP contribution in [0, 0.1) is 5.92 Å². The number of nitrogens with two attached hydrogens (primary N) is 1. The third kappa shape index (κ3) is 6.24. The molecular formula is C14H23N3O3S. The fraction of sp³-hybridized carbons (Fsp3) is 0.500. The lowest BCUT2D eigenvalue weighted by atomic mass is 10.2. The van der Waals surface area contributed by atoms with E-state index in [9.17, 15) is 13.2 Å². The molecule has 0 bridgehead atoms. The van der Waals surface area contributed by atoms with Gasteiger partial charge in [0.2, 0.25) is 15.9 Å². The molecular weight excluding hydrogens is 290 g/mol. The van der Waals surface area contributed by atoms with Gasteiger partial charge in [-0.3, -0.25) is 4.79 Å². The fourth-order valence-electron chi connectivity index (χ4n) is 1.63. The van der Waals surface area contributed by atoms with Crippen molar-refractivity contribution >= 4 is 15.9 Å². The second kappa shape index (κ2) is 8.11. The Balaban J connectivity index is 2.58. The van der Waals surface area contributed by atoms with E-state index in [0.29, 0.717) is 25.4 Å². The third-order valence-corrected chi connectivity index (χ3v) is 4.21. The molecule has 0 radical (unpaired) electrons. The Hall–Kier alpha value is -1.44. The number of carbonyl (C=O) groups is 1. The van der Waals surface area contributed by atoms with Crippen molar-refractivity contribution in [1.82, 2.24) is 10.0 Å². The van der Waals surface area contributed by atoms with Gasteiger partial charge in [-0.25, -0.2) is 13.1 Å². The summed E-state index contributed by atoms with van der Waals surface area (Å²) < 4.78 is 26.3. The number of nitrogens with one attached hydrogen (secondary N) is 2. The van der Waals surface area contributed by atoms with Crippen LogP contribution in [0.25, 0.3) is 0 Å². The molecule has 4 N–H and O–H groups in total. The largest absolute Gasteiger partial charge is 0.355 e. The minimum Gasteiger partial charge on any atom is -0.355 e. The number of sulfonamides is 1. The summed E-state index contributed by atoms with van der Waals surface area (Å²) in [6.45, 7) is 4.70. The minimum absolute atomic E-state index is 0.139. The zero-order valence-corrected chi connectivity index (χ0v) is 13.2. The first-order valence-corrected chi connectivity index (χ1v) is 8.39. The van der Waals surface area contributed by atoms with Gasteiger partial charge < -0.3 is 11.1 Å². The summed E-state index contributed by atoms with van der Waals surface area (Å²) in [4.78, 5) is 11.7. The number of hydrogen-bond donors (Lipinski definition) is 3. The van der Waals surface area contributed by atoms with Crippen LogP contribution in [-0.4, -0.2) is 34.0 Å². The quantitative estimate of drug-likeness (QED) is 0.640. The minimum atomic E-state index is -3.67. The molecule has 0 aromatic heterocycles. The van der Waals surface area contributed by atoms with Crippen LogP contribution in [0.15, 0.2) is 29.2 Å². The van der Waals surface area contributed by atoms with E-state index in [1.54, 1.807) is 12.1 Å². The Labute approximate surface area is 126 Å². The van der Waals surface area contributed by atoms with E-state index in [1.807, 2.05) is 13.8 Å². The average molecular weight is 313 g/mol. The van der Waals surface area contributed by atoms with Crippen molar-refractivity contribution in [2.75, 3.05) is 19.6 Å². The third-order valence-electron chi connectivity index (χ3n) is 2.80. The van der Waals surface area contributed by atoms with Crippen LogP contribution in [-0.2, 0) is 21.2 Å². The normalized spacial score (nSPS) is 11.6. The Morgan fingerprint density at radius 3 is 2.38 bits per heavy atom. The first-order valence-electron chi connectivity index (χ1n) is 6.90. The molecule has 0 unspecified atom stereocenters. The van der Waals surface area contributed by atoms with E-state index in [4.69, 9.17) is 5.73 Å². The van der Waals surface area contributed by atoms with Gasteiger partial charge >= 0.3 is 0 Å². The lowest BCUT2D eigenvalue weighted by Gasteiger charge is -2.09. The summed E-state index contributed by atoms with van der Waals surface area (Å²) >= 11 is 0. The SMILES string of the molecule is CC(C)CNC(=O)CNS(=O)(=O)c1ccc(CCN)cc1. The lowest BCUT2D eigenvalue weighted by Crippen LogP contribution is -2.38. The van der Waals surface area contributed by atoms with E-state index in [-0.39, 0.29) is 17.3 Å². The molecule has 0 aliphatic rings. The molecule has 0 atom stereocenters. The van der Waals surface area contributed by atoms with E-state index in [1.165, 1.54) is 12.1 Å². The van der Waals surface area contributed by atoms with Crippen molar-refractivity contribution in [2.24, 2.45) is 11.7 Å². The van der Waals surface area contributed by atoms with Crippen molar-refractivity contribution in [1.29, 1.82) is 0 Å². The molecule has 0 fully saturated rings. The molecule has 0 spiro atoms. The first kappa shape index (κ1) is 17.6. The zero-order valence-electron chi connectivity index (χ0n) is 12.4. The maximum Gasteiger partial charge on any atom is 0.241 e. The molecule has 1 amide bonds. The number of hydrogen-bond acceptors (Lipinski definition) is 4. The summed E-state index contributed by atoms with van der Waals surface area (Å²) in [7, 11) is -3.67. The lowest BCUT2D eigenvalue weighted by molar-refractivity contribution is -0.120. The molecule has 0 heterocycles. The van der Waals surface area contributed by atoms with Crippen molar-refractivity contribution in [3.8, 4) is 0 Å². The van der Waals surface area contributed by atoms with Crippen molar-refractivity contribution in [3.05, 3.63) is 29.8 Å². The molecule has 21 heavy (non-hydrogen) atoms. The van der Waals surface area contributed by atoms with Gasteiger partial charge in [0.25, 0.3) is 0 Å². The van der Waals surface area contributed by atoms with E-state index >= 15 is 0 Å². The summed E-state index contributed by atoms with van der Waals surface area (Å²) in [5, 5.41) is 2.65. The van der Waals surface area contributed by atoms with Crippen LogP contribution >= 0.6 is 0 Å². The van der Waals surface area contributed by atoms with Crippen molar-refractivity contribution in [3.63, 3.8) is 0 Å². The number of amides is 1. The molecule has 0 saturated carbocycles. The van der Waals surface area contributed by atoms with Gasteiger partial charge in [0.05, 0.1) is 11.4 Å². The van der Waals surface area contributed by atoms with E-state index in [0.717, 1.165) is 5.56 Å². The van der Waals surface area contributed by atoms with Crippen LogP contribution in [0.2, 0.25) is 0 Å². The summed E-state index contributed by atoms with van der Waals surface area (Å²) in [6.07, 6.45) is 0.700. The van der Waals surface area contributed by atoms with Crippen molar-refractivity contribution in [2.45, 2.75) is 25.2 Å². The summed E-state index contributed by atoms with van der Waals surface area (Å²) in [5.74, 6) is -0.0207. The number of rotatable bonds is 8. The number of benzene rings is 1. The van der Waals surface area contributed by atoms with Crippen molar-refractivity contribution < 1.29 is 13.2 Å².